The highest BCUT2D eigenvalue weighted by atomic mass is 32.2. The second-order valence-electron chi connectivity index (χ2n) is 6.10. The van der Waals surface area contributed by atoms with Gasteiger partial charge in [-0.05, 0) is 48.2 Å². The number of nitrogens with one attached hydrogen (secondary N) is 1. The lowest BCUT2D eigenvalue weighted by Gasteiger charge is -2.27. The van der Waals surface area contributed by atoms with E-state index in [0.717, 1.165) is 16.7 Å². The Kier molecular flexibility index (Phi) is 4.43. The van der Waals surface area contributed by atoms with Gasteiger partial charge in [0.25, 0.3) is 5.91 Å². The van der Waals surface area contributed by atoms with E-state index in [1.54, 1.807) is 6.07 Å². The summed E-state index contributed by atoms with van der Waals surface area (Å²) < 4.78 is 24.9. The molecule has 126 valence electrons. The fraction of sp³-hybridized carbons (Fsp3) is 0.278. The molecule has 0 aliphatic carbocycles. The molecule has 0 saturated heterocycles. The van der Waals surface area contributed by atoms with Crippen LogP contribution in [0.1, 0.15) is 27.0 Å². The van der Waals surface area contributed by atoms with Gasteiger partial charge in [0.05, 0.1) is 6.26 Å². The quantitative estimate of drug-likeness (QED) is 0.930. The minimum Gasteiger partial charge on any atom is -0.322 e. The molecular formula is C18H20N2O3S. The van der Waals surface area contributed by atoms with Gasteiger partial charge in [-0.2, -0.15) is 4.31 Å². The number of carbonyl (C=O) groups excluding carboxylic acids is 1. The summed E-state index contributed by atoms with van der Waals surface area (Å²) in [6.45, 7) is 2.74. The van der Waals surface area contributed by atoms with Gasteiger partial charge in [-0.1, -0.05) is 24.3 Å². The molecule has 0 radical (unpaired) electrons. The largest absolute Gasteiger partial charge is 0.322 e. The zero-order valence-electron chi connectivity index (χ0n) is 13.7. The highest BCUT2D eigenvalue weighted by molar-refractivity contribution is 7.88. The van der Waals surface area contributed by atoms with E-state index in [1.165, 1.54) is 10.6 Å². The van der Waals surface area contributed by atoms with Crippen molar-refractivity contribution in [2.24, 2.45) is 0 Å². The van der Waals surface area contributed by atoms with Crippen LogP contribution in [0.3, 0.4) is 0 Å². The van der Waals surface area contributed by atoms with E-state index >= 15 is 0 Å². The molecule has 3 rings (SSSR count). The van der Waals surface area contributed by atoms with Crippen LogP contribution in [0.25, 0.3) is 0 Å². The highest BCUT2D eigenvalue weighted by Crippen LogP contribution is 2.24. The van der Waals surface area contributed by atoms with Crippen molar-refractivity contribution >= 4 is 21.6 Å². The molecule has 0 saturated carbocycles. The Morgan fingerprint density at radius 2 is 1.88 bits per heavy atom. The number of nitrogens with zero attached hydrogens (tertiary/aromatic N) is 1. The molecule has 0 bridgehead atoms. The Hall–Kier alpha value is -2.18. The first-order chi connectivity index (χ1) is 11.3. The van der Waals surface area contributed by atoms with Gasteiger partial charge in [-0.25, -0.2) is 8.42 Å². The molecule has 1 N–H and O–H groups in total. The minimum atomic E-state index is -3.21. The van der Waals surface area contributed by atoms with Crippen LogP contribution < -0.4 is 5.32 Å². The maximum Gasteiger partial charge on any atom is 0.255 e. The molecule has 6 heteroatoms. The van der Waals surface area contributed by atoms with Crippen LogP contribution in [0.2, 0.25) is 0 Å². The van der Waals surface area contributed by atoms with Gasteiger partial charge in [0.1, 0.15) is 0 Å². The smallest absolute Gasteiger partial charge is 0.255 e. The molecule has 0 atom stereocenters. The molecule has 0 spiro atoms. The van der Waals surface area contributed by atoms with Crippen LogP contribution >= 0.6 is 0 Å². The third-order valence-electron chi connectivity index (χ3n) is 4.30. The van der Waals surface area contributed by atoms with Crippen LogP contribution in [0.15, 0.2) is 42.5 Å². The summed E-state index contributed by atoms with van der Waals surface area (Å²) in [7, 11) is -3.21. The molecule has 24 heavy (non-hydrogen) atoms. The van der Waals surface area contributed by atoms with Gasteiger partial charge >= 0.3 is 0 Å². The third kappa shape index (κ3) is 3.49. The maximum absolute atomic E-state index is 12.4. The van der Waals surface area contributed by atoms with Crippen molar-refractivity contribution in [3.05, 3.63) is 64.7 Å². The monoisotopic (exact) mass is 344 g/mol. The normalized spacial score (nSPS) is 14.9. The number of benzene rings is 2. The fourth-order valence-electron chi connectivity index (χ4n) is 2.92. The second kappa shape index (κ2) is 6.37. The zero-order valence-corrected chi connectivity index (χ0v) is 14.6. The summed E-state index contributed by atoms with van der Waals surface area (Å²) in [4.78, 5) is 12.4. The van der Waals surface area contributed by atoms with E-state index in [9.17, 15) is 13.2 Å². The van der Waals surface area contributed by atoms with E-state index in [4.69, 9.17) is 0 Å². The predicted molar refractivity (Wildman–Crippen MR) is 94.5 cm³/mol. The van der Waals surface area contributed by atoms with Gasteiger partial charge in [0.15, 0.2) is 0 Å². The zero-order chi connectivity index (χ0) is 17.3. The summed E-state index contributed by atoms with van der Waals surface area (Å²) >= 11 is 0. The summed E-state index contributed by atoms with van der Waals surface area (Å²) in [6.07, 6.45) is 1.91. The molecule has 1 aliphatic rings. The second-order valence-corrected chi connectivity index (χ2v) is 8.08. The Morgan fingerprint density at radius 3 is 2.58 bits per heavy atom. The molecule has 1 aliphatic heterocycles. The SMILES string of the molecule is Cc1ccccc1C(=O)Nc1ccc2c(c1)CN(S(C)(=O)=O)CC2. The van der Waals surface area contributed by atoms with Crippen molar-refractivity contribution in [2.75, 3.05) is 18.1 Å². The number of hydrogen-bond acceptors (Lipinski definition) is 3. The van der Waals surface area contributed by atoms with E-state index in [1.807, 2.05) is 43.3 Å². The Bertz CT molecular complexity index is 891. The number of anilines is 1. The van der Waals surface area contributed by atoms with Crippen LogP contribution in [-0.4, -0.2) is 31.4 Å². The van der Waals surface area contributed by atoms with Crippen molar-refractivity contribution in [1.29, 1.82) is 0 Å². The van der Waals surface area contributed by atoms with Crippen LogP contribution in [0, 0.1) is 6.92 Å². The molecule has 0 aromatic heterocycles. The number of aryl methyl sites for hydroxylation is 1. The van der Waals surface area contributed by atoms with Crippen molar-refractivity contribution in [2.45, 2.75) is 19.9 Å². The van der Waals surface area contributed by atoms with Crippen LogP contribution in [0.5, 0.6) is 0 Å². The number of amides is 1. The number of carbonyl (C=O) groups is 1. The highest BCUT2D eigenvalue weighted by Gasteiger charge is 2.23. The number of fused-ring (bicyclic) bond motifs is 1. The summed E-state index contributed by atoms with van der Waals surface area (Å²) in [5, 5.41) is 2.90. The summed E-state index contributed by atoms with van der Waals surface area (Å²) in [6, 6.07) is 13.1. The first-order valence-electron chi connectivity index (χ1n) is 7.78. The van der Waals surface area contributed by atoms with Crippen LogP contribution in [-0.2, 0) is 23.0 Å². The fourth-order valence-corrected chi connectivity index (χ4v) is 3.71. The molecule has 1 amide bonds. The van der Waals surface area contributed by atoms with Gasteiger partial charge in [0, 0.05) is 24.3 Å². The Morgan fingerprint density at radius 1 is 1.12 bits per heavy atom. The lowest BCUT2D eigenvalue weighted by molar-refractivity contribution is 0.102. The number of sulfonamides is 1. The maximum atomic E-state index is 12.4. The standard InChI is InChI=1S/C18H20N2O3S/c1-13-5-3-4-6-17(13)18(21)19-16-8-7-14-9-10-20(24(2,22)23)12-15(14)11-16/h3-8,11H,9-10,12H2,1-2H3,(H,19,21). The van der Waals surface area contributed by atoms with Crippen molar-refractivity contribution < 1.29 is 13.2 Å². The van der Waals surface area contributed by atoms with Gasteiger partial charge < -0.3 is 5.32 Å². The average molecular weight is 344 g/mol. The van der Waals surface area contributed by atoms with Crippen LogP contribution in [0.4, 0.5) is 5.69 Å². The van der Waals surface area contributed by atoms with E-state index in [2.05, 4.69) is 5.32 Å². The molecule has 2 aromatic rings. The van der Waals surface area contributed by atoms with Crippen molar-refractivity contribution in [3.8, 4) is 0 Å². The molecule has 5 nitrogen and oxygen atoms in total. The number of rotatable bonds is 3. The molecule has 0 fully saturated rings. The Balaban J connectivity index is 1.82. The Labute approximate surface area is 142 Å². The predicted octanol–water partition coefficient (Wildman–Crippen LogP) is 2.57. The first kappa shape index (κ1) is 16.7. The molecular weight excluding hydrogens is 324 g/mol. The van der Waals surface area contributed by atoms with Gasteiger partial charge in [0.2, 0.25) is 10.0 Å². The lowest BCUT2D eigenvalue weighted by atomic mass is 10.0. The van der Waals surface area contributed by atoms with E-state index in [-0.39, 0.29) is 5.91 Å². The molecule has 0 unspecified atom stereocenters. The molecule has 2 aromatic carbocycles. The van der Waals surface area contributed by atoms with E-state index in [0.29, 0.717) is 30.8 Å². The molecule has 1 heterocycles. The number of hydrogen-bond donors (Lipinski definition) is 1. The van der Waals surface area contributed by atoms with Gasteiger partial charge in [-0.15, -0.1) is 0 Å². The average Bonchev–Trinajstić information content (AvgIpc) is 2.53. The minimum absolute atomic E-state index is 0.163. The van der Waals surface area contributed by atoms with Crippen molar-refractivity contribution in [1.82, 2.24) is 4.31 Å². The summed E-state index contributed by atoms with van der Waals surface area (Å²) in [5.41, 5.74) is 4.29. The first-order valence-corrected chi connectivity index (χ1v) is 9.63. The third-order valence-corrected chi connectivity index (χ3v) is 5.55. The summed E-state index contributed by atoms with van der Waals surface area (Å²) in [5.74, 6) is -0.163. The topological polar surface area (TPSA) is 66.5 Å². The van der Waals surface area contributed by atoms with E-state index < -0.39 is 10.0 Å². The lowest BCUT2D eigenvalue weighted by Crippen LogP contribution is -2.35. The van der Waals surface area contributed by atoms with Gasteiger partial charge in [-0.3, -0.25) is 4.79 Å². The van der Waals surface area contributed by atoms with Crippen molar-refractivity contribution in [3.63, 3.8) is 0 Å².